The van der Waals surface area contributed by atoms with E-state index in [2.05, 4.69) is 65.7 Å². The van der Waals surface area contributed by atoms with E-state index in [0.717, 1.165) is 18.4 Å². The SMILES string of the molecule is CNC1CCc2c(-c3noc(Cc4ccc(C)c(C)c4)n3)cccc21. The predicted octanol–water partition coefficient (Wildman–Crippen LogP) is 4.15. The maximum absolute atomic E-state index is 5.53. The smallest absolute Gasteiger partial charge is 0.231 e. The van der Waals surface area contributed by atoms with Gasteiger partial charge in [0.25, 0.3) is 0 Å². The summed E-state index contributed by atoms with van der Waals surface area (Å²) in [6.07, 6.45) is 2.84. The third-order valence-corrected chi connectivity index (χ3v) is 5.25. The van der Waals surface area contributed by atoms with Gasteiger partial charge in [-0.3, -0.25) is 0 Å². The normalized spacial score (nSPS) is 16.2. The fourth-order valence-corrected chi connectivity index (χ4v) is 3.69. The van der Waals surface area contributed by atoms with Gasteiger partial charge < -0.3 is 9.84 Å². The van der Waals surface area contributed by atoms with E-state index in [1.165, 1.54) is 27.8 Å². The standard InChI is InChI=1S/C21H23N3O/c1-13-7-8-15(11-14(13)2)12-20-23-21(24-25-20)18-6-4-5-17-16(18)9-10-19(17)22-3/h4-8,11,19,22H,9-10,12H2,1-3H3. The van der Waals surface area contributed by atoms with Crippen molar-refractivity contribution in [3.05, 3.63) is 70.1 Å². The number of rotatable bonds is 4. The summed E-state index contributed by atoms with van der Waals surface area (Å²) in [5.41, 5.74) is 7.60. The van der Waals surface area contributed by atoms with Crippen LogP contribution in [0.5, 0.6) is 0 Å². The van der Waals surface area contributed by atoms with Crippen molar-refractivity contribution < 1.29 is 4.52 Å². The van der Waals surface area contributed by atoms with E-state index in [1.54, 1.807) is 0 Å². The van der Waals surface area contributed by atoms with E-state index in [0.29, 0.717) is 24.2 Å². The molecule has 0 spiro atoms. The van der Waals surface area contributed by atoms with Crippen molar-refractivity contribution in [2.45, 2.75) is 39.2 Å². The lowest BCUT2D eigenvalue weighted by molar-refractivity contribution is 0.385. The van der Waals surface area contributed by atoms with Gasteiger partial charge in [0.15, 0.2) is 0 Å². The number of hydrogen-bond donors (Lipinski definition) is 1. The Labute approximate surface area is 148 Å². The summed E-state index contributed by atoms with van der Waals surface area (Å²) in [7, 11) is 2.02. The first-order chi connectivity index (χ1) is 12.2. The van der Waals surface area contributed by atoms with Gasteiger partial charge in [-0.25, -0.2) is 0 Å². The minimum absolute atomic E-state index is 0.428. The van der Waals surface area contributed by atoms with Gasteiger partial charge in [-0.2, -0.15) is 4.98 Å². The van der Waals surface area contributed by atoms with Crippen LogP contribution in [0.1, 0.15) is 46.2 Å². The molecular formula is C21H23N3O. The molecule has 1 atom stereocenters. The Hall–Kier alpha value is -2.46. The zero-order valence-electron chi connectivity index (χ0n) is 15.0. The van der Waals surface area contributed by atoms with E-state index < -0.39 is 0 Å². The molecule has 25 heavy (non-hydrogen) atoms. The van der Waals surface area contributed by atoms with Crippen LogP contribution in [0.3, 0.4) is 0 Å². The third-order valence-electron chi connectivity index (χ3n) is 5.25. The van der Waals surface area contributed by atoms with E-state index in [-0.39, 0.29) is 0 Å². The number of nitrogens with zero attached hydrogens (tertiary/aromatic N) is 2. The van der Waals surface area contributed by atoms with E-state index in [4.69, 9.17) is 4.52 Å². The first-order valence-corrected chi connectivity index (χ1v) is 8.84. The van der Waals surface area contributed by atoms with Crippen molar-refractivity contribution in [3.8, 4) is 11.4 Å². The summed E-state index contributed by atoms with van der Waals surface area (Å²) in [6, 6.07) is 13.3. The second-order valence-corrected chi connectivity index (χ2v) is 6.86. The van der Waals surface area contributed by atoms with Crippen molar-refractivity contribution in [1.82, 2.24) is 15.5 Å². The number of aromatic nitrogens is 2. The van der Waals surface area contributed by atoms with Crippen LogP contribution in [0.25, 0.3) is 11.4 Å². The van der Waals surface area contributed by atoms with Gasteiger partial charge in [0, 0.05) is 11.6 Å². The molecule has 0 aliphatic heterocycles. The van der Waals surface area contributed by atoms with E-state index >= 15 is 0 Å². The first kappa shape index (κ1) is 16.0. The molecule has 1 N–H and O–H groups in total. The average molecular weight is 333 g/mol. The predicted molar refractivity (Wildman–Crippen MR) is 98.6 cm³/mol. The van der Waals surface area contributed by atoms with Crippen LogP contribution in [0.15, 0.2) is 40.9 Å². The monoisotopic (exact) mass is 333 g/mol. The Morgan fingerprint density at radius 2 is 2.04 bits per heavy atom. The number of aryl methyl sites for hydroxylation is 2. The van der Waals surface area contributed by atoms with Gasteiger partial charge in [0.2, 0.25) is 11.7 Å². The highest BCUT2D eigenvalue weighted by molar-refractivity contribution is 5.63. The van der Waals surface area contributed by atoms with Crippen molar-refractivity contribution in [1.29, 1.82) is 0 Å². The van der Waals surface area contributed by atoms with E-state index in [9.17, 15) is 0 Å². The highest BCUT2D eigenvalue weighted by atomic mass is 16.5. The molecule has 0 fully saturated rings. The molecule has 0 radical (unpaired) electrons. The van der Waals surface area contributed by atoms with Gasteiger partial charge in [-0.05, 0) is 61.6 Å². The molecule has 4 rings (SSSR count). The summed E-state index contributed by atoms with van der Waals surface area (Å²) in [4.78, 5) is 4.66. The van der Waals surface area contributed by atoms with E-state index in [1.807, 2.05) is 7.05 Å². The molecule has 1 aliphatic carbocycles. The second kappa shape index (κ2) is 6.45. The Balaban J connectivity index is 1.62. The fourth-order valence-electron chi connectivity index (χ4n) is 3.69. The van der Waals surface area contributed by atoms with Crippen LogP contribution in [0, 0.1) is 13.8 Å². The Morgan fingerprint density at radius 3 is 2.84 bits per heavy atom. The first-order valence-electron chi connectivity index (χ1n) is 8.84. The van der Waals surface area contributed by atoms with Crippen molar-refractivity contribution in [2.24, 2.45) is 0 Å². The quantitative estimate of drug-likeness (QED) is 0.779. The molecule has 1 aliphatic rings. The van der Waals surface area contributed by atoms with Gasteiger partial charge in [0.1, 0.15) is 0 Å². The molecule has 2 aromatic carbocycles. The molecule has 128 valence electrons. The van der Waals surface area contributed by atoms with Crippen LogP contribution in [0.4, 0.5) is 0 Å². The topological polar surface area (TPSA) is 51.0 Å². The third kappa shape index (κ3) is 2.98. The molecule has 1 heterocycles. The van der Waals surface area contributed by atoms with Crippen LogP contribution in [-0.2, 0) is 12.8 Å². The number of hydrogen-bond acceptors (Lipinski definition) is 4. The molecular weight excluding hydrogens is 310 g/mol. The lowest BCUT2D eigenvalue weighted by atomic mass is 10.0. The minimum Gasteiger partial charge on any atom is -0.339 e. The maximum Gasteiger partial charge on any atom is 0.231 e. The van der Waals surface area contributed by atoms with Gasteiger partial charge in [-0.1, -0.05) is 41.6 Å². The second-order valence-electron chi connectivity index (χ2n) is 6.86. The molecule has 0 amide bonds. The summed E-state index contributed by atoms with van der Waals surface area (Å²) >= 11 is 0. The van der Waals surface area contributed by atoms with Gasteiger partial charge >= 0.3 is 0 Å². The number of fused-ring (bicyclic) bond motifs is 1. The molecule has 3 aromatic rings. The Kier molecular flexibility index (Phi) is 4.14. The Bertz CT molecular complexity index is 913. The van der Waals surface area contributed by atoms with Gasteiger partial charge in [-0.15, -0.1) is 0 Å². The van der Waals surface area contributed by atoms with Crippen LogP contribution >= 0.6 is 0 Å². The summed E-state index contributed by atoms with van der Waals surface area (Å²) < 4.78 is 5.53. The molecule has 4 nitrogen and oxygen atoms in total. The summed E-state index contributed by atoms with van der Waals surface area (Å²) in [5, 5.41) is 7.63. The molecule has 0 saturated heterocycles. The minimum atomic E-state index is 0.428. The van der Waals surface area contributed by atoms with Crippen molar-refractivity contribution in [2.75, 3.05) is 7.05 Å². The number of benzene rings is 2. The van der Waals surface area contributed by atoms with Crippen LogP contribution in [0.2, 0.25) is 0 Å². The zero-order chi connectivity index (χ0) is 17.4. The van der Waals surface area contributed by atoms with Crippen LogP contribution < -0.4 is 5.32 Å². The maximum atomic E-state index is 5.53. The summed E-state index contributed by atoms with van der Waals surface area (Å²) in [6.45, 7) is 4.25. The zero-order valence-corrected chi connectivity index (χ0v) is 15.0. The highest BCUT2D eigenvalue weighted by Gasteiger charge is 2.25. The lowest BCUT2D eigenvalue weighted by Gasteiger charge is -2.10. The Morgan fingerprint density at radius 1 is 1.16 bits per heavy atom. The highest BCUT2D eigenvalue weighted by Crippen LogP contribution is 2.36. The molecule has 0 bridgehead atoms. The molecule has 1 aromatic heterocycles. The molecule has 1 unspecified atom stereocenters. The number of nitrogens with one attached hydrogen (secondary N) is 1. The van der Waals surface area contributed by atoms with Crippen LogP contribution in [-0.4, -0.2) is 17.2 Å². The lowest BCUT2D eigenvalue weighted by Crippen LogP contribution is -2.12. The summed E-state index contributed by atoms with van der Waals surface area (Å²) in [5.74, 6) is 1.37. The molecule has 4 heteroatoms. The van der Waals surface area contributed by atoms with Crippen molar-refractivity contribution >= 4 is 0 Å². The van der Waals surface area contributed by atoms with Crippen molar-refractivity contribution in [3.63, 3.8) is 0 Å². The fraction of sp³-hybridized carbons (Fsp3) is 0.333. The molecule has 0 saturated carbocycles. The van der Waals surface area contributed by atoms with Gasteiger partial charge in [0.05, 0.1) is 6.42 Å². The largest absolute Gasteiger partial charge is 0.339 e. The average Bonchev–Trinajstić information content (AvgIpc) is 3.24.